The van der Waals surface area contributed by atoms with Crippen LogP contribution >= 0.6 is 11.6 Å². The van der Waals surface area contributed by atoms with Crippen molar-refractivity contribution in [2.45, 2.75) is 44.9 Å². The molecule has 3 atom stereocenters. The molecule has 1 saturated heterocycles. The van der Waals surface area contributed by atoms with Gasteiger partial charge in [-0.25, -0.2) is 0 Å². The van der Waals surface area contributed by atoms with E-state index in [1.807, 2.05) is 4.90 Å². The van der Waals surface area contributed by atoms with Crippen LogP contribution in [0, 0.1) is 10.8 Å². The molecule has 0 amide bonds. The zero-order valence-electron chi connectivity index (χ0n) is 21.9. The lowest BCUT2D eigenvalue weighted by Crippen LogP contribution is -2.49. The predicted molar refractivity (Wildman–Crippen MR) is 147 cm³/mol. The standard InChI is InChI=1S/C32H25ClF3NO3/c1-30(2,3)29(40)26-25(17-8-11-19(12-9-17)32(34,35)36)31(27(38)21-6-4-5-7-22(21)28(31)39)24-15-10-18-16-20(33)13-14-23(18)37(24)26/h4-16,24-26H,1-3H3/t24-,25-,26+/m1/s1. The van der Waals surface area contributed by atoms with Crippen LogP contribution in [0.4, 0.5) is 18.9 Å². The zero-order chi connectivity index (χ0) is 28.8. The van der Waals surface area contributed by atoms with Gasteiger partial charge in [0.2, 0.25) is 0 Å². The quantitative estimate of drug-likeness (QED) is 0.305. The van der Waals surface area contributed by atoms with Crippen LogP contribution in [0.5, 0.6) is 0 Å². The molecule has 1 fully saturated rings. The SMILES string of the molecule is CC(C)(C)C(=O)[C@@H]1[C@@H](c2ccc(C(F)(F)F)cc2)C2(C(=O)c3ccccc3C2=O)[C@H]2C=Cc3cc(Cl)ccc3N12. The average Bonchev–Trinajstić information content (AvgIpc) is 3.33. The number of anilines is 1. The number of fused-ring (bicyclic) bond motifs is 5. The van der Waals surface area contributed by atoms with E-state index in [2.05, 4.69) is 0 Å². The van der Waals surface area contributed by atoms with Crippen molar-refractivity contribution in [2.75, 3.05) is 4.90 Å². The summed E-state index contributed by atoms with van der Waals surface area (Å²) < 4.78 is 40.5. The third kappa shape index (κ3) is 3.56. The van der Waals surface area contributed by atoms with E-state index in [1.54, 1.807) is 75.4 Å². The summed E-state index contributed by atoms with van der Waals surface area (Å²) in [6.45, 7) is 5.28. The first kappa shape index (κ1) is 26.5. The number of carbonyl (C=O) groups excluding carboxylic acids is 3. The maximum atomic E-state index is 14.5. The fourth-order valence-electron chi connectivity index (χ4n) is 6.64. The van der Waals surface area contributed by atoms with Crippen molar-refractivity contribution in [2.24, 2.45) is 10.8 Å². The smallest absolute Gasteiger partial charge is 0.352 e. The average molecular weight is 564 g/mol. The summed E-state index contributed by atoms with van der Waals surface area (Å²) in [7, 11) is 0. The summed E-state index contributed by atoms with van der Waals surface area (Å²) in [5.74, 6) is -2.14. The van der Waals surface area contributed by atoms with Gasteiger partial charge in [0.05, 0.1) is 17.6 Å². The van der Waals surface area contributed by atoms with E-state index in [4.69, 9.17) is 11.6 Å². The molecule has 40 heavy (non-hydrogen) atoms. The molecule has 0 radical (unpaired) electrons. The molecule has 8 heteroatoms. The lowest BCUT2D eigenvalue weighted by molar-refractivity contribution is -0.137. The number of ketones is 3. The van der Waals surface area contributed by atoms with Crippen molar-refractivity contribution in [3.8, 4) is 0 Å². The highest BCUT2D eigenvalue weighted by Gasteiger charge is 2.71. The monoisotopic (exact) mass is 563 g/mol. The molecule has 1 spiro atoms. The van der Waals surface area contributed by atoms with Crippen LogP contribution in [0.15, 0.2) is 72.8 Å². The van der Waals surface area contributed by atoms with Gasteiger partial charge < -0.3 is 4.90 Å². The lowest BCUT2D eigenvalue weighted by Gasteiger charge is -2.38. The van der Waals surface area contributed by atoms with E-state index in [1.165, 1.54) is 12.1 Å². The number of benzene rings is 3. The Morgan fingerprint density at radius 3 is 2.05 bits per heavy atom. The number of nitrogens with zero attached hydrogens (tertiary/aromatic N) is 1. The van der Waals surface area contributed by atoms with Gasteiger partial charge in [-0.15, -0.1) is 0 Å². The van der Waals surface area contributed by atoms with Crippen molar-refractivity contribution >= 4 is 40.7 Å². The summed E-state index contributed by atoms with van der Waals surface area (Å²) in [5, 5.41) is 0.481. The molecular formula is C32H25ClF3NO3. The highest BCUT2D eigenvalue weighted by Crippen LogP contribution is 2.61. The van der Waals surface area contributed by atoms with Crippen LogP contribution in [-0.2, 0) is 11.0 Å². The molecule has 0 aromatic heterocycles. The second-order valence-electron chi connectivity index (χ2n) is 11.6. The topological polar surface area (TPSA) is 54.5 Å². The van der Waals surface area contributed by atoms with Crippen LogP contribution in [0.25, 0.3) is 6.08 Å². The largest absolute Gasteiger partial charge is 0.416 e. The predicted octanol–water partition coefficient (Wildman–Crippen LogP) is 7.41. The number of alkyl halides is 3. The highest BCUT2D eigenvalue weighted by atomic mass is 35.5. The fourth-order valence-corrected chi connectivity index (χ4v) is 6.82. The first-order valence-corrected chi connectivity index (χ1v) is 13.3. The zero-order valence-corrected chi connectivity index (χ0v) is 22.7. The van der Waals surface area contributed by atoms with Gasteiger partial charge in [-0.3, -0.25) is 14.4 Å². The summed E-state index contributed by atoms with van der Waals surface area (Å²) in [4.78, 5) is 45.1. The molecular weight excluding hydrogens is 539 g/mol. The number of halogens is 4. The minimum Gasteiger partial charge on any atom is -0.352 e. The molecule has 204 valence electrons. The van der Waals surface area contributed by atoms with Crippen molar-refractivity contribution in [1.82, 2.24) is 0 Å². The highest BCUT2D eigenvalue weighted by molar-refractivity contribution is 6.32. The molecule has 1 aliphatic carbocycles. The Kier molecular flexibility index (Phi) is 5.73. The first-order valence-electron chi connectivity index (χ1n) is 12.9. The minimum absolute atomic E-state index is 0.230. The van der Waals surface area contributed by atoms with Gasteiger partial charge in [0.25, 0.3) is 0 Å². The second kappa shape index (κ2) is 8.64. The van der Waals surface area contributed by atoms with Crippen molar-refractivity contribution in [3.05, 3.63) is 106 Å². The number of carbonyl (C=O) groups is 3. The Bertz CT molecular complexity index is 1580. The van der Waals surface area contributed by atoms with Gasteiger partial charge >= 0.3 is 6.18 Å². The number of Topliss-reactive ketones (excluding diaryl/α,β-unsaturated/α-hetero) is 3. The maximum absolute atomic E-state index is 14.5. The van der Waals surface area contributed by atoms with Gasteiger partial charge in [-0.2, -0.15) is 13.2 Å². The van der Waals surface area contributed by atoms with E-state index in [-0.39, 0.29) is 16.9 Å². The second-order valence-corrected chi connectivity index (χ2v) is 12.1. The third-order valence-corrected chi connectivity index (χ3v) is 8.61. The van der Waals surface area contributed by atoms with Crippen molar-refractivity contribution in [1.29, 1.82) is 0 Å². The summed E-state index contributed by atoms with van der Waals surface area (Å²) >= 11 is 6.28. The minimum atomic E-state index is -4.57. The number of hydrogen-bond acceptors (Lipinski definition) is 4. The first-order chi connectivity index (χ1) is 18.8. The summed E-state index contributed by atoms with van der Waals surface area (Å²) in [6, 6.07) is 14.3. The summed E-state index contributed by atoms with van der Waals surface area (Å²) in [5.41, 5.74) is -1.33. The summed E-state index contributed by atoms with van der Waals surface area (Å²) in [6.07, 6.45) is -1.02. The van der Waals surface area contributed by atoms with E-state index >= 15 is 0 Å². The Labute approximate surface area is 234 Å². The van der Waals surface area contributed by atoms with E-state index < -0.39 is 52.1 Å². The Morgan fingerprint density at radius 2 is 1.50 bits per heavy atom. The number of rotatable bonds is 2. The molecule has 3 aromatic rings. The molecule has 3 aromatic carbocycles. The Balaban J connectivity index is 1.67. The van der Waals surface area contributed by atoms with E-state index in [9.17, 15) is 27.6 Å². The van der Waals surface area contributed by atoms with Gasteiger partial charge in [-0.05, 0) is 41.5 Å². The molecule has 0 bridgehead atoms. The van der Waals surface area contributed by atoms with Crippen molar-refractivity contribution in [3.63, 3.8) is 0 Å². The molecule has 4 nitrogen and oxygen atoms in total. The van der Waals surface area contributed by atoms with E-state index in [0.29, 0.717) is 21.8 Å². The van der Waals surface area contributed by atoms with Gasteiger partial charge in [0.1, 0.15) is 5.41 Å². The molecule has 2 aliphatic heterocycles. The normalized spacial score (nSPS) is 22.9. The Hall–Kier alpha value is -3.71. The van der Waals surface area contributed by atoms with Crippen LogP contribution in [0.3, 0.4) is 0 Å². The molecule has 3 aliphatic rings. The molecule has 0 N–H and O–H groups in total. The van der Waals surface area contributed by atoms with E-state index in [0.717, 1.165) is 12.1 Å². The molecule has 6 rings (SSSR count). The molecule has 2 heterocycles. The fraction of sp³-hybridized carbons (Fsp3) is 0.281. The van der Waals surface area contributed by atoms with Crippen LogP contribution < -0.4 is 4.90 Å². The van der Waals surface area contributed by atoms with Crippen LogP contribution in [0.2, 0.25) is 5.02 Å². The Morgan fingerprint density at radius 1 is 0.900 bits per heavy atom. The lowest BCUT2D eigenvalue weighted by atomic mass is 9.63. The maximum Gasteiger partial charge on any atom is 0.416 e. The van der Waals surface area contributed by atoms with Gasteiger partial charge in [-0.1, -0.05) is 80.9 Å². The number of hydrogen-bond donors (Lipinski definition) is 0. The van der Waals surface area contributed by atoms with Crippen LogP contribution in [0.1, 0.15) is 64.1 Å². The van der Waals surface area contributed by atoms with Gasteiger partial charge in [0, 0.05) is 33.2 Å². The molecule has 0 unspecified atom stereocenters. The van der Waals surface area contributed by atoms with Crippen molar-refractivity contribution < 1.29 is 27.6 Å². The van der Waals surface area contributed by atoms with Gasteiger partial charge in [0.15, 0.2) is 17.3 Å². The third-order valence-electron chi connectivity index (χ3n) is 8.37. The molecule has 0 saturated carbocycles. The van der Waals surface area contributed by atoms with Crippen LogP contribution in [-0.4, -0.2) is 29.4 Å².